The summed E-state index contributed by atoms with van der Waals surface area (Å²) < 4.78 is 10.6. The van der Waals surface area contributed by atoms with E-state index in [0.29, 0.717) is 53.9 Å². The Kier molecular flexibility index (Phi) is 6.09. The molecular weight excluding hydrogens is 546 g/mol. The number of hydrogen-bond donors (Lipinski definition) is 1. The number of aliphatic hydroxyl groups is 1. The minimum absolute atomic E-state index is 0.0592. The number of carbonyl (C=O) groups excluding carboxylic acids is 1. The molecule has 1 aromatic carbocycles. The number of piperidine rings is 1. The Morgan fingerprint density at radius 3 is 2.71 bits per heavy atom. The summed E-state index contributed by atoms with van der Waals surface area (Å²) in [6.07, 6.45) is 7.39. The highest BCUT2D eigenvalue weighted by molar-refractivity contribution is 6.31. The standard InChI is InChI=1S/C29H28ClN7O4/c1-34-22(7-10-33-34)19-3-2-4-20(13-19)37-24(30)14-21-25(37)32-17-36(27(21)38)16-29(40)8-11-35(12-9-29)28(39)23-15-31-26(41-23)18-5-6-18/h2-4,7,10,13-15,17-18,40H,5-6,8-9,11-12,16H2,1H3. The Bertz CT molecular complexity index is 1840. The molecule has 7 rings (SSSR count). The third kappa shape index (κ3) is 4.64. The normalized spacial score (nSPS) is 16.9. The van der Waals surface area contributed by atoms with E-state index in [-0.39, 0.29) is 23.8 Å². The van der Waals surface area contributed by atoms with Gasteiger partial charge in [-0.25, -0.2) is 9.97 Å². The van der Waals surface area contributed by atoms with Crippen molar-refractivity contribution in [3.63, 3.8) is 0 Å². The first kappa shape index (κ1) is 25.7. The molecule has 12 heteroatoms. The first-order chi connectivity index (χ1) is 19.8. The Labute approximate surface area is 239 Å². The van der Waals surface area contributed by atoms with Crippen LogP contribution in [0.3, 0.4) is 0 Å². The van der Waals surface area contributed by atoms with E-state index in [1.54, 1.807) is 26.4 Å². The molecule has 0 spiro atoms. The maximum absolute atomic E-state index is 13.5. The number of nitrogens with zero attached hydrogens (tertiary/aromatic N) is 7. The number of hydrogen-bond acceptors (Lipinski definition) is 7. The van der Waals surface area contributed by atoms with Gasteiger partial charge in [0.15, 0.2) is 11.5 Å². The maximum Gasteiger partial charge on any atom is 0.291 e. The molecule has 2 fully saturated rings. The highest BCUT2D eigenvalue weighted by Crippen LogP contribution is 2.39. The van der Waals surface area contributed by atoms with Crippen molar-refractivity contribution in [2.24, 2.45) is 7.05 Å². The maximum atomic E-state index is 13.5. The number of rotatable bonds is 6. The summed E-state index contributed by atoms with van der Waals surface area (Å²) in [7, 11) is 1.88. The number of aromatic nitrogens is 6. The van der Waals surface area contributed by atoms with Crippen LogP contribution in [0.1, 0.15) is 48.0 Å². The summed E-state index contributed by atoms with van der Waals surface area (Å²) in [6, 6.07) is 11.3. The van der Waals surface area contributed by atoms with Crippen LogP contribution >= 0.6 is 11.6 Å². The number of halogens is 1. The van der Waals surface area contributed by atoms with Gasteiger partial charge in [0.2, 0.25) is 5.76 Å². The van der Waals surface area contributed by atoms with Gasteiger partial charge in [-0.3, -0.25) is 23.4 Å². The molecule has 0 bridgehead atoms. The van der Waals surface area contributed by atoms with Crippen molar-refractivity contribution in [1.29, 1.82) is 0 Å². The summed E-state index contributed by atoms with van der Waals surface area (Å²) in [4.78, 5) is 36.9. The lowest BCUT2D eigenvalue weighted by atomic mass is 9.91. The fourth-order valence-corrected chi connectivity index (χ4v) is 5.85. The van der Waals surface area contributed by atoms with Crippen LogP contribution in [0.15, 0.2) is 64.3 Å². The number of aryl methyl sites for hydroxylation is 1. The molecule has 11 nitrogen and oxygen atoms in total. The van der Waals surface area contributed by atoms with Crippen LogP contribution in [0, 0.1) is 0 Å². The minimum Gasteiger partial charge on any atom is -0.435 e. The highest BCUT2D eigenvalue weighted by Gasteiger charge is 2.36. The molecule has 2 aliphatic rings. The highest BCUT2D eigenvalue weighted by atomic mass is 35.5. The number of oxazole rings is 1. The molecule has 5 heterocycles. The van der Waals surface area contributed by atoms with Gasteiger partial charge in [-0.15, -0.1) is 0 Å². The lowest BCUT2D eigenvalue weighted by Gasteiger charge is -2.38. The zero-order valence-corrected chi connectivity index (χ0v) is 23.2. The average Bonchev–Trinajstić information content (AvgIpc) is 3.36. The fourth-order valence-electron chi connectivity index (χ4n) is 5.57. The molecule has 1 aliphatic heterocycles. The predicted octanol–water partition coefficient (Wildman–Crippen LogP) is 3.77. The number of likely N-dealkylation sites (tertiary alicyclic amines) is 1. The van der Waals surface area contributed by atoms with E-state index in [9.17, 15) is 14.7 Å². The summed E-state index contributed by atoms with van der Waals surface area (Å²) in [5.74, 6) is 0.959. The number of amides is 1. The molecule has 1 saturated carbocycles. The van der Waals surface area contributed by atoms with Crippen LogP contribution < -0.4 is 5.56 Å². The molecule has 41 heavy (non-hydrogen) atoms. The van der Waals surface area contributed by atoms with Crippen LogP contribution in [0.25, 0.3) is 28.0 Å². The van der Waals surface area contributed by atoms with Gasteiger partial charge in [0, 0.05) is 43.5 Å². The Morgan fingerprint density at radius 2 is 1.98 bits per heavy atom. The zero-order chi connectivity index (χ0) is 28.3. The molecule has 1 N–H and O–H groups in total. The van der Waals surface area contributed by atoms with E-state index in [1.165, 1.54) is 17.1 Å². The molecule has 210 valence electrons. The van der Waals surface area contributed by atoms with Crippen LogP contribution in [-0.4, -0.2) is 63.5 Å². The number of benzene rings is 1. The van der Waals surface area contributed by atoms with Crippen molar-refractivity contribution in [3.05, 3.63) is 82.3 Å². The second-order valence-corrected chi connectivity index (χ2v) is 11.3. The lowest BCUT2D eigenvalue weighted by molar-refractivity contribution is -0.0304. The van der Waals surface area contributed by atoms with Crippen molar-refractivity contribution in [3.8, 4) is 16.9 Å². The second-order valence-electron chi connectivity index (χ2n) is 11.0. The molecule has 0 unspecified atom stereocenters. The van der Waals surface area contributed by atoms with Crippen molar-refractivity contribution >= 4 is 28.5 Å². The predicted molar refractivity (Wildman–Crippen MR) is 151 cm³/mol. The summed E-state index contributed by atoms with van der Waals surface area (Å²) in [5, 5.41) is 16.3. The SMILES string of the molecule is Cn1nccc1-c1cccc(-n2c(Cl)cc3c(=O)n(CC4(O)CCN(C(=O)c5cnc(C6CC6)o5)CC4)cnc32)c1. The van der Waals surface area contributed by atoms with E-state index in [2.05, 4.69) is 15.1 Å². The quantitative estimate of drug-likeness (QED) is 0.328. The van der Waals surface area contributed by atoms with Crippen LogP contribution in [0.4, 0.5) is 0 Å². The van der Waals surface area contributed by atoms with Gasteiger partial charge in [-0.2, -0.15) is 5.10 Å². The van der Waals surface area contributed by atoms with Gasteiger partial charge in [-0.1, -0.05) is 23.7 Å². The van der Waals surface area contributed by atoms with Gasteiger partial charge in [0.25, 0.3) is 11.5 Å². The first-order valence-corrected chi connectivity index (χ1v) is 14.0. The van der Waals surface area contributed by atoms with E-state index in [1.807, 2.05) is 37.4 Å². The van der Waals surface area contributed by atoms with Gasteiger partial charge < -0.3 is 14.4 Å². The van der Waals surface area contributed by atoms with Crippen LogP contribution in [0.2, 0.25) is 5.15 Å². The Morgan fingerprint density at radius 1 is 1.17 bits per heavy atom. The topological polar surface area (TPSA) is 124 Å². The average molecular weight is 574 g/mol. The molecule has 5 aromatic rings. The van der Waals surface area contributed by atoms with E-state index in [4.69, 9.17) is 16.0 Å². The number of fused-ring (bicyclic) bond motifs is 1. The van der Waals surface area contributed by atoms with Gasteiger partial charge in [0.05, 0.1) is 29.4 Å². The number of carbonyl (C=O) groups is 1. The summed E-state index contributed by atoms with van der Waals surface area (Å²) in [5.41, 5.74) is 1.63. The van der Waals surface area contributed by atoms with Crippen molar-refractivity contribution in [2.75, 3.05) is 13.1 Å². The largest absolute Gasteiger partial charge is 0.435 e. The third-order valence-corrected chi connectivity index (χ3v) is 8.35. The minimum atomic E-state index is -1.17. The van der Waals surface area contributed by atoms with Crippen molar-refractivity contribution in [1.82, 2.24) is 33.8 Å². The fraction of sp³-hybridized carbons (Fsp3) is 0.345. The molecular formula is C29H28ClN7O4. The first-order valence-electron chi connectivity index (χ1n) is 13.6. The monoisotopic (exact) mass is 573 g/mol. The molecule has 0 atom stereocenters. The lowest BCUT2D eigenvalue weighted by Crippen LogP contribution is -2.49. The smallest absolute Gasteiger partial charge is 0.291 e. The summed E-state index contributed by atoms with van der Waals surface area (Å²) in [6.45, 7) is 0.743. The van der Waals surface area contributed by atoms with Crippen LogP contribution in [0.5, 0.6) is 0 Å². The molecule has 1 aliphatic carbocycles. The Hall–Kier alpha value is -4.22. The van der Waals surface area contributed by atoms with Crippen molar-refractivity contribution < 1.29 is 14.3 Å². The summed E-state index contributed by atoms with van der Waals surface area (Å²) >= 11 is 6.63. The van der Waals surface area contributed by atoms with Crippen molar-refractivity contribution in [2.45, 2.75) is 43.7 Å². The molecule has 1 saturated heterocycles. The molecule has 4 aromatic heterocycles. The third-order valence-electron chi connectivity index (χ3n) is 8.07. The van der Waals surface area contributed by atoms with Gasteiger partial charge in [-0.05, 0) is 49.9 Å². The van der Waals surface area contributed by atoms with Gasteiger partial charge >= 0.3 is 0 Å². The molecule has 0 radical (unpaired) electrons. The second kappa shape index (κ2) is 9.71. The van der Waals surface area contributed by atoms with E-state index >= 15 is 0 Å². The Balaban J connectivity index is 1.10. The zero-order valence-electron chi connectivity index (χ0n) is 22.4. The van der Waals surface area contributed by atoms with E-state index < -0.39 is 5.60 Å². The van der Waals surface area contributed by atoms with Crippen LogP contribution in [-0.2, 0) is 13.6 Å². The van der Waals surface area contributed by atoms with E-state index in [0.717, 1.165) is 29.8 Å². The van der Waals surface area contributed by atoms with Gasteiger partial charge in [0.1, 0.15) is 11.5 Å². The molecule has 1 amide bonds.